The molecule has 0 amide bonds. The minimum atomic E-state index is -0.113. The lowest BCUT2D eigenvalue weighted by Crippen LogP contribution is -2.26. The van der Waals surface area contributed by atoms with Gasteiger partial charge in [-0.2, -0.15) is 10.5 Å². The molecule has 2 aromatic rings. The minimum Gasteiger partial charge on any atom is -0.344 e. The lowest BCUT2D eigenvalue weighted by atomic mass is 9.83. The largest absolute Gasteiger partial charge is 0.344 e. The van der Waals surface area contributed by atoms with E-state index in [1.54, 1.807) is 0 Å². The molecule has 2 aromatic carbocycles. The maximum absolute atomic E-state index is 9.42. The Bertz CT molecular complexity index is 1060. The van der Waals surface area contributed by atoms with Gasteiger partial charge in [-0.25, -0.2) is 0 Å². The Morgan fingerprint density at radius 1 is 1.00 bits per heavy atom. The fourth-order valence-electron chi connectivity index (χ4n) is 4.02. The van der Waals surface area contributed by atoms with E-state index in [1.165, 1.54) is 16.9 Å². The number of anilines is 1. The summed E-state index contributed by atoms with van der Waals surface area (Å²) in [6.07, 6.45) is 8.23. The number of allylic oxidation sites excluding steroid dienone is 6. The number of hydrogen-bond acceptors (Lipinski definition) is 3. The van der Waals surface area contributed by atoms with Crippen LogP contribution in [-0.4, -0.2) is 6.54 Å². The highest BCUT2D eigenvalue weighted by atomic mass is 15.2. The number of nitriles is 2. The Balaban J connectivity index is 2.04. The Kier molecular flexibility index (Phi) is 6.55. The van der Waals surface area contributed by atoms with Gasteiger partial charge in [0.05, 0.1) is 0 Å². The molecule has 0 saturated heterocycles. The summed E-state index contributed by atoms with van der Waals surface area (Å²) < 4.78 is 0. The molecule has 0 aromatic heterocycles. The zero-order chi connectivity index (χ0) is 21.6. The molecule has 3 nitrogen and oxygen atoms in total. The highest BCUT2D eigenvalue weighted by molar-refractivity contribution is 5.82. The van der Waals surface area contributed by atoms with Crippen molar-refractivity contribution in [2.24, 2.45) is 0 Å². The fourth-order valence-corrected chi connectivity index (χ4v) is 4.02. The van der Waals surface area contributed by atoms with E-state index in [4.69, 9.17) is 0 Å². The molecule has 0 saturated carbocycles. The van der Waals surface area contributed by atoms with Crippen molar-refractivity contribution in [3.8, 4) is 12.1 Å². The third-order valence-electron chi connectivity index (χ3n) is 5.63. The van der Waals surface area contributed by atoms with Crippen molar-refractivity contribution in [2.45, 2.75) is 39.0 Å². The number of unbranched alkanes of at least 4 members (excludes halogenated alkanes) is 1. The van der Waals surface area contributed by atoms with Gasteiger partial charge in [0.15, 0.2) is 0 Å². The first-order valence-electron chi connectivity index (χ1n) is 10.4. The molecule has 150 valence electrons. The molecule has 0 unspecified atom stereocenters. The highest BCUT2D eigenvalue weighted by Crippen LogP contribution is 2.47. The monoisotopic (exact) mass is 393 g/mol. The van der Waals surface area contributed by atoms with Gasteiger partial charge in [-0.1, -0.05) is 87.9 Å². The fraction of sp³-hybridized carbons (Fsp3) is 0.259. The summed E-state index contributed by atoms with van der Waals surface area (Å²) in [7, 11) is 0. The van der Waals surface area contributed by atoms with Crippen LogP contribution in [0, 0.1) is 22.7 Å². The van der Waals surface area contributed by atoms with Crippen LogP contribution in [0.4, 0.5) is 5.69 Å². The Hall–Kier alpha value is -3.56. The van der Waals surface area contributed by atoms with Crippen molar-refractivity contribution in [1.29, 1.82) is 10.5 Å². The van der Waals surface area contributed by atoms with Gasteiger partial charge >= 0.3 is 0 Å². The van der Waals surface area contributed by atoms with Gasteiger partial charge in [0.1, 0.15) is 17.7 Å². The van der Waals surface area contributed by atoms with Gasteiger partial charge in [0.25, 0.3) is 0 Å². The number of para-hydroxylation sites is 1. The third kappa shape index (κ3) is 4.07. The molecule has 0 N–H and O–H groups in total. The van der Waals surface area contributed by atoms with Crippen LogP contribution < -0.4 is 4.90 Å². The molecule has 0 bridgehead atoms. The molecular weight excluding hydrogens is 366 g/mol. The Labute approximate surface area is 179 Å². The van der Waals surface area contributed by atoms with Gasteiger partial charge < -0.3 is 4.90 Å². The second-order valence-electron chi connectivity index (χ2n) is 7.94. The molecule has 0 spiro atoms. The number of rotatable bonds is 6. The van der Waals surface area contributed by atoms with Crippen molar-refractivity contribution in [1.82, 2.24) is 0 Å². The normalized spacial score (nSPS) is 15.6. The standard InChI is InChI=1S/C27H27N3/c1-4-5-18-30-25-16-10-9-15-24(25)27(2,3)26(30)17-11-14-23(22(19-28)20-29)21-12-7-6-8-13-21/h6-17H,4-5,18H2,1-3H3/b14-11+,26-17-. The van der Waals surface area contributed by atoms with Gasteiger partial charge in [-0.15, -0.1) is 0 Å². The highest BCUT2D eigenvalue weighted by Gasteiger charge is 2.39. The van der Waals surface area contributed by atoms with Crippen molar-refractivity contribution in [2.75, 3.05) is 11.4 Å². The van der Waals surface area contributed by atoms with Crippen LogP contribution in [0.1, 0.15) is 44.7 Å². The van der Waals surface area contributed by atoms with Crippen LogP contribution in [0.25, 0.3) is 5.57 Å². The van der Waals surface area contributed by atoms with E-state index in [-0.39, 0.29) is 11.0 Å². The average molecular weight is 394 g/mol. The summed E-state index contributed by atoms with van der Waals surface area (Å²) in [6, 6.07) is 22.2. The average Bonchev–Trinajstić information content (AvgIpc) is 2.99. The van der Waals surface area contributed by atoms with E-state index in [0.717, 1.165) is 24.9 Å². The number of hydrogen-bond donors (Lipinski definition) is 0. The van der Waals surface area contributed by atoms with Crippen LogP contribution in [0.3, 0.4) is 0 Å². The first kappa shape index (κ1) is 21.2. The summed E-state index contributed by atoms with van der Waals surface area (Å²) in [6.45, 7) is 7.68. The molecule has 1 heterocycles. The zero-order valence-corrected chi connectivity index (χ0v) is 17.9. The zero-order valence-electron chi connectivity index (χ0n) is 17.9. The summed E-state index contributed by atoms with van der Waals surface area (Å²) in [5, 5.41) is 18.8. The number of nitrogens with zero attached hydrogens (tertiary/aromatic N) is 3. The first-order valence-corrected chi connectivity index (χ1v) is 10.4. The third-order valence-corrected chi connectivity index (χ3v) is 5.63. The molecule has 1 aliphatic heterocycles. The quantitative estimate of drug-likeness (QED) is 0.414. The van der Waals surface area contributed by atoms with Crippen molar-refractivity contribution in [3.05, 3.63) is 95.2 Å². The Morgan fingerprint density at radius 3 is 2.33 bits per heavy atom. The van der Waals surface area contributed by atoms with E-state index in [0.29, 0.717) is 5.57 Å². The van der Waals surface area contributed by atoms with Crippen molar-refractivity contribution >= 4 is 11.3 Å². The molecule has 1 aliphatic rings. The molecule has 0 radical (unpaired) electrons. The van der Waals surface area contributed by atoms with Crippen molar-refractivity contribution < 1.29 is 0 Å². The van der Waals surface area contributed by atoms with Crippen LogP contribution in [0.5, 0.6) is 0 Å². The smallest absolute Gasteiger partial charge is 0.137 e. The summed E-state index contributed by atoms with van der Waals surface area (Å²) in [5.74, 6) is 0. The maximum atomic E-state index is 9.42. The molecule has 3 heteroatoms. The van der Waals surface area contributed by atoms with Gasteiger partial charge in [0.2, 0.25) is 0 Å². The summed E-state index contributed by atoms with van der Waals surface area (Å²) in [4.78, 5) is 2.41. The van der Waals surface area contributed by atoms with Crippen LogP contribution >= 0.6 is 0 Å². The molecular formula is C27H27N3. The molecule has 3 rings (SSSR count). The molecule has 0 atom stereocenters. The van der Waals surface area contributed by atoms with Crippen LogP contribution in [0.2, 0.25) is 0 Å². The van der Waals surface area contributed by atoms with Crippen LogP contribution in [0.15, 0.2) is 84.1 Å². The maximum Gasteiger partial charge on any atom is 0.137 e. The second kappa shape index (κ2) is 9.29. The number of benzene rings is 2. The topological polar surface area (TPSA) is 50.8 Å². The molecule has 0 fully saturated rings. The number of fused-ring (bicyclic) bond motifs is 1. The molecule has 0 aliphatic carbocycles. The SMILES string of the molecule is CCCCN1/C(=C\C=C\C(=C(C#N)C#N)c2ccccc2)C(C)(C)c2ccccc21. The first-order chi connectivity index (χ1) is 14.5. The predicted octanol–water partition coefficient (Wildman–Crippen LogP) is 6.53. The second-order valence-corrected chi connectivity index (χ2v) is 7.94. The predicted molar refractivity (Wildman–Crippen MR) is 124 cm³/mol. The minimum absolute atomic E-state index is 0.113. The van der Waals surface area contributed by atoms with E-state index in [1.807, 2.05) is 54.6 Å². The van der Waals surface area contributed by atoms with E-state index < -0.39 is 0 Å². The van der Waals surface area contributed by atoms with Gasteiger partial charge in [0, 0.05) is 28.9 Å². The van der Waals surface area contributed by atoms with Gasteiger partial charge in [-0.3, -0.25) is 0 Å². The van der Waals surface area contributed by atoms with E-state index >= 15 is 0 Å². The lowest BCUT2D eigenvalue weighted by Gasteiger charge is -2.27. The van der Waals surface area contributed by atoms with Crippen molar-refractivity contribution in [3.63, 3.8) is 0 Å². The van der Waals surface area contributed by atoms with Crippen LogP contribution in [-0.2, 0) is 5.41 Å². The van der Waals surface area contributed by atoms with Gasteiger partial charge in [-0.05, 0) is 29.7 Å². The summed E-state index contributed by atoms with van der Waals surface area (Å²) in [5.41, 5.74) is 5.34. The van der Waals surface area contributed by atoms with E-state index in [2.05, 4.69) is 56.0 Å². The Morgan fingerprint density at radius 2 is 1.67 bits per heavy atom. The lowest BCUT2D eigenvalue weighted by molar-refractivity contribution is 0.624. The molecule has 30 heavy (non-hydrogen) atoms. The van der Waals surface area contributed by atoms with E-state index in [9.17, 15) is 10.5 Å². The summed E-state index contributed by atoms with van der Waals surface area (Å²) >= 11 is 0.